The molecule has 15 heavy (non-hydrogen) atoms. The summed E-state index contributed by atoms with van der Waals surface area (Å²) in [4.78, 5) is 2.29. The molecule has 0 spiro atoms. The van der Waals surface area contributed by atoms with Gasteiger partial charge in [0.2, 0.25) is 0 Å². The minimum atomic E-state index is 0.640. The Morgan fingerprint density at radius 2 is 2.33 bits per heavy atom. The second-order valence-electron chi connectivity index (χ2n) is 4.32. The first kappa shape index (κ1) is 12.1. The summed E-state index contributed by atoms with van der Waals surface area (Å²) in [5, 5.41) is 8.56. The molecule has 0 saturated heterocycles. The van der Waals surface area contributed by atoms with Crippen LogP contribution in [0.1, 0.15) is 45.4 Å². The van der Waals surface area contributed by atoms with Crippen molar-refractivity contribution in [3.8, 4) is 6.07 Å². The monoisotopic (exact) mass is 206 g/mol. The van der Waals surface area contributed by atoms with Crippen molar-refractivity contribution in [3.63, 3.8) is 0 Å². The molecule has 84 valence electrons. The standard InChI is InChI=1S/C13H22N2/c1-2-13-7-3-4-10-15(11-5-8-13)12-6-9-14/h4,10,13H,2-3,5-8,11-12H2,1H3/b10-4-. The molecule has 1 atom stereocenters. The maximum absolute atomic E-state index is 8.56. The SMILES string of the molecule is CCC1CC/C=C\N(CCC#N)CCC1. The van der Waals surface area contributed by atoms with Crippen molar-refractivity contribution in [1.82, 2.24) is 4.90 Å². The lowest BCUT2D eigenvalue weighted by atomic mass is 9.95. The van der Waals surface area contributed by atoms with Crippen LogP contribution in [0.2, 0.25) is 0 Å². The normalized spacial score (nSPS) is 24.8. The van der Waals surface area contributed by atoms with Crippen molar-refractivity contribution >= 4 is 0 Å². The molecule has 0 aromatic heterocycles. The van der Waals surface area contributed by atoms with Crippen molar-refractivity contribution < 1.29 is 0 Å². The molecule has 0 radical (unpaired) electrons. The second kappa shape index (κ2) is 7.34. The highest BCUT2D eigenvalue weighted by Gasteiger charge is 2.08. The van der Waals surface area contributed by atoms with E-state index in [2.05, 4.69) is 30.2 Å². The second-order valence-corrected chi connectivity index (χ2v) is 4.32. The first-order chi connectivity index (χ1) is 7.36. The molecule has 2 nitrogen and oxygen atoms in total. The van der Waals surface area contributed by atoms with Crippen molar-refractivity contribution in [2.75, 3.05) is 13.1 Å². The van der Waals surface area contributed by atoms with E-state index in [-0.39, 0.29) is 0 Å². The van der Waals surface area contributed by atoms with Crippen molar-refractivity contribution in [2.24, 2.45) is 5.92 Å². The van der Waals surface area contributed by atoms with Gasteiger partial charge in [0.25, 0.3) is 0 Å². The third-order valence-corrected chi connectivity index (χ3v) is 3.20. The maximum Gasteiger partial charge on any atom is 0.0640 e. The van der Waals surface area contributed by atoms with E-state index in [4.69, 9.17) is 5.26 Å². The van der Waals surface area contributed by atoms with Crippen LogP contribution in [0.5, 0.6) is 0 Å². The maximum atomic E-state index is 8.56. The summed E-state index contributed by atoms with van der Waals surface area (Å²) in [5.74, 6) is 0.908. The Morgan fingerprint density at radius 3 is 3.07 bits per heavy atom. The van der Waals surface area contributed by atoms with Gasteiger partial charge in [0, 0.05) is 13.1 Å². The molecule has 0 amide bonds. The highest BCUT2D eigenvalue weighted by molar-refractivity contribution is 4.86. The van der Waals surface area contributed by atoms with Gasteiger partial charge in [-0.2, -0.15) is 5.26 Å². The van der Waals surface area contributed by atoms with Gasteiger partial charge < -0.3 is 4.90 Å². The van der Waals surface area contributed by atoms with Gasteiger partial charge in [-0.3, -0.25) is 0 Å². The Kier molecular flexibility index (Phi) is 5.92. The summed E-state index contributed by atoms with van der Waals surface area (Å²) in [6, 6.07) is 2.21. The number of nitriles is 1. The van der Waals surface area contributed by atoms with Gasteiger partial charge in [-0.15, -0.1) is 0 Å². The van der Waals surface area contributed by atoms with Crippen LogP contribution < -0.4 is 0 Å². The van der Waals surface area contributed by atoms with Crippen LogP contribution in [0.15, 0.2) is 12.3 Å². The summed E-state index contributed by atoms with van der Waals surface area (Å²) < 4.78 is 0. The van der Waals surface area contributed by atoms with Crippen molar-refractivity contribution in [2.45, 2.75) is 45.4 Å². The van der Waals surface area contributed by atoms with E-state index >= 15 is 0 Å². The molecule has 1 rings (SSSR count). The average molecular weight is 206 g/mol. The molecule has 1 heterocycles. The van der Waals surface area contributed by atoms with E-state index in [0.29, 0.717) is 6.42 Å². The van der Waals surface area contributed by atoms with Crippen molar-refractivity contribution in [3.05, 3.63) is 12.3 Å². The third-order valence-electron chi connectivity index (χ3n) is 3.20. The summed E-state index contributed by atoms with van der Waals surface area (Å²) in [6.45, 7) is 4.30. The predicted molar refractivity (Wildman–Crippen MR) is 63.2 cm³/mol. The van der Waals surface area contributed by atoms with Crippen LogP contribution in [-0.4, -0.2) is 18.0 Å². The van der Waals surface area contributed by atoms with Crippen LogP contribution in [0.4, 0.5) is 0 Å². The summed E-state index contributed by atoms with van der Waals surface area (Å²) in [5.41, 5.74) is 0. The number of allylic oxidation sites excluding steroid dienone is 1. The van der Waals surface area contributed by atoms with E-state index in [1.807, 2.05) is 0 Å². The van der Waals surface area contributed by atoms with E-state index in [9.17, 15) is 0 Å². The van der Waals surface area contributed by atoms with Gasteiger partial charge in [-0.1, -0.05) is 19.4 Å². The minimum absolute atomic E-state index is 0.640. The van der Waals surface area contributed by atoms with Crippen LogP contribution in [0.25, 0.3) is 0 Å². The van der Waals surface area contributed by atoms with E-state index < -0.39 is 0 Å². The molecular formula is C13H22N2. The molecular weight excluding hydrogens is 184 g/mol. The molecule has 0 aliphatic carbocycles. The average Bonchev–Trinajstić information content (AvgIpc) is 2.37. The van der Waals surface area contributed by atoms with Gasteiger partial charge >= 0.3 is 0 Å². The first-order valence-electron chi connectivity index (χ1n) is 6.14. The van der Waals surface area contributed by atoms with Gasteiger partial charge in [0.15, 0.2) is 0 Å². The minimum Gasteiger partial charge on any atom is -0.377 e. The number of hydrogen-bond donors (Lipinski definition) is 0. The Bertz CT molecular complexity index is 227. The number of nitrogens with zero attached hydrogens (tertiary/aromatic N) is 2. The van der Waals surface area contributed by atoms with Gasteiger partial charge in [0.1, 0.15) is 0 Å². The van der Waals surface area contributed by atoms with Gasteiger partial charge in [0.05, 0.1) is 12.5 Å². The van der Waals surface area contributed by atoms with Crippen LogP contribution in [-0.2, 0) is 0 Å². The van der Waals surface area contributed by atoms with E-state index in [1.54, 1.807) is 0 Å². The van der Waals surface area contributed by atoms with Gasteiger partial charge in [-0.05, 0) is 37.8 Å². The van der Waals surface area contributed by atoms with E-state index in [1.165, 1.54) is 32.1 Å². The quantitative estimate of drug-likeness (QED) is 0.708. The highest BCUT2D eigenvalue weighted by Crippen LogP contribution is 2.19. The molecule has 2 heteroatoms. The number of rotatable bonds is 3. The zero-order valence-corrected chi connectivity index (χ0v) is 9.78. The molecule has 0 N–H and O–H groups in total. The summed E-state index contributed by atoms with van der Waals surface area (Å²) in [7, 11) is 0. The van der Waals surface area contributed by atoms with Crippen LogP contribution in [0.3, 0.4) is 0 Å². The summed E-state index contributed by atoms with van der Waals surface area (Å²) >= 11 is 0. The molecule has 0 bridgehead atoms. The lowest BCUT2D eigenvalue weighted by Gasteiger charge is -2.19. The zero-order chi connectivity index (χ0) is 10.9. The molecule has 1 aliphatic rings. The molecule has 0 aromatic carbocycles. The summed E-state index contributed by atoms with van der Waals surface area (Å²) in [6.07, 6.45) is 11.6. The first-order valence-corrected chi connectivity index (χ1v) is 6.14. The fraction of sp³-hybridized carbons (Fsp3) is 0.769. The fourth-order valence-electron chi connectivity index (χ4n) is 2.15. The Hall–Kier alpha value is -0.970. The predicted octanol–water partition coefficient (Wildman–Crippen LogP) is 3.32. The highest BCUT2D eigenvalue weighted by atomic mass is 15.1. The Labute approximate surface area is 93.6 Å². The zero-order valence-electron chi connectivity index (χ0n) is 9.78. The fourth-order valence-corrected chi connectivity index (χ4v) is 2.15. The number of hydrogen-bond acceptors (Lipinski definition) is 2. The molecule has 0 fully saturated rings. The third kappa shape index (κ3) is 4.88. The molecule has 0 saturated carbocycles. The van der Waals surface area contributed by atoms with Crippen LogP contribution >= 0.6 is 0 Å². The molecule has 1 aliphatic heterocycles. The lowest BCUT2D eigenvalue weighted by molar-refractivity contribution is 0.349. The molecule has 1 unspecified atom stereocenters. The van der Waals surface area contributed by atoms with E-state index in [0.717, 1.165) is 19.0 Å². The van der Waals surface area contributed by atoms with Crippen molar-refractivity contribution in [1.29, 1.82) is 5.26 Å². The Balaban J connectivity index is 2.37. The largest absolute Gasteiger partial charge is 0.377 e. The Morgan fingerprint density at radius 1 is 1.47 bits per heavy atom. The van der Waals surface area contributed by atoms with Crippen LogP contribution in [0, 0.1) is 17.2 Å². The van der Waals surface area contributed by atoms with Gasteiger partial charge in [-0.25, -0.2) is 0 Å². The topological polar surface area (TPSA) is 27.0 Å². The molecule has 0 aromatic rings. The smallest absolute Gasteiger partial charge is 0.0640 e. The lowest BCUT2D eigenvalue weighted by Crippen LogP contribution is -2.19.